The average molecular weight is 562 g/mol. The van der Waals surface area contributed by atoms with E-state index in [4.69, 9.17) is 16.6 Å². The summed E-state index contributed by atoms with van der Waals surface area (Å²) in [5.41, 5.74) is 1.08. The lowest BCUT2D eigenvalue weighted by atomic mass is 10.1. The van der Waals surface area contributed by atoms with Gasteiger partial charge in [-0.3, -0.25) is 4.79 Å². The van der Waals surface area contributed by atoms with Gasteiger partial charge < -0.3 is 14.9 Å². The van der Waals surface area contributed by atoms with E-state index >= 15 is 0 Å². The number of aromatic hydroxyl groups is 1. The molecule has 10 heteroatoms. The van der Waals surface area contributed by atoms with Gasteiger partial charge in [-0.1, -0.05) is 55.8 Å². The lowest BCUT2D eigenvalue weighted by Crippen LogP contribution is -2.54. The molecule has 206 valence electrons. The molecule has 5 rings (SSSR count). The van der Waals surface area contributed by atoms with E-state index in [-0.39, 0.29) is 39.6 Å². The van der Waals surface area contributed by atoms with Gasteiger partial charge in [0.15, 0.2) is 5.65 Å². The number of aryl methyl sites for hydroxylation is 1. The van der Waals surface area contributed by atoms with E-state index in [2.05, 4.69) is 11.6 Å². The molecule has 0 spiro atoms. The van der Waals surface area contributed by atoms with E-state index in [1.54, 1.807) is 11.0 Å². The maximum atomic E-state index is 14.9. The first-order chi connectivity index (χ1) is 19.2. The molecule has 0 unspecified atom stereocenters. The lowest BCUT2D eigenvalue weighted by molar-refractivity contribution is -0.126. The maximum Gasteiger partial charge on any atom is 0.355 e. The topological polar surface area (TPSA) is 91.6 Å². The molecule has 1 amide bonds. The van der Waals surface area contributed by atoms with Crippen LogP contribution in [0.5, 0.6) is 5.75 Å². The van der Waals surface area contributed by atoms with E-state index in [9.17, 15) is 19.1 Å². The van der Waals surface area contributed by atoms with Crippen molar-refractivity contribution in [2.45, 2.75) is 32.7 Å². The normalized spacial score (nSPS) is 15.4. The number of anilines is 1. The zero-order chi connectivity index (χ0) is 28.6. The number of para-hydroxylation sites is 1. The quantitative estimate of drug-likeness (QED) is 0.329. The summed E-state index contributed by atoms with van der Waals surface area (Å²) in [6.45, 7) is 8.83. The Hall–Kier alpha value is -4.24. The molecule has 2 aromatic carbocycles. The lowest BCUT2D eigenvalue weighted by Gasteiger charge is -2.40. The molecule has 1 N–H and O–H groups in total. The number of piperazine rings is 1. The molecule has 0 bridgehead atoms. The number of halogens is 2. The van der Waals surface area contributed by atoms with Crippen molar-refractivity contribution in [2.75, 3.05) is 24.5 Å². The number of nitrogens with zero attached hydrogens (tertiary/aromatic N) is 5. The number of hydrogen-bond acceptors (Lipinski definition) is 6. The van der Waals surface area contributed by atoms with Gasteiger partial charge >= 0.3 is 5.69 Å². The van der Waals surface area contributed by atoms with Gasteiger partial charge in [-0.2, -0.15) is 4.98 Å². The van der Waals surface area contributed by atoms with Gasteiger partial charge in [0.1, 0.15) is 17.4 Å². The highest BCUT2D eigenvalue weighted by atomic mass is 35.5. The average Bonchev–Trinajstić information content (AvgIpc) is 2.93. The van der Waals surface area contributed by atoms with Crippen LogP contribution in [-0.4, -0.2) is 56.1 Å². The van der Waals surface area contributed by atoms with E-state index in [0.29, 0.717) is 36.5 Å². The minimum Gasteiger partial charge on any atom is -0.507 e. The van der Waals surface area contributed by atoms with Crippen molar-refractivity contribution in [3.05, 3.63) is 88.1 Å². The summed E-state index contributed by atoms with van der Waals surface area (Å²) in [6.07, 6.45) is 2.86. The van der Waals surface area contributed by atoms with Crippen LogP contribution in [0.2, 0.25) is 5.02 Å². The molecule has 1 fully saturated rings. The number of carbonyl (C=O) groups is 1. The second kappa shape index (κ2) is 11.1. The SMILES string of the molecule is C=CC(=O)N1CCN(c2nc(=O)n(-c3ccccc3CCC)c3nc(-c4c(O)cccc4F)c(Cl)cc23)[C@@H](C)C1. The first kappa shape index (κ1) is 27.3. The third-order valence-corrected chi connectivity index (χ3v) is 7.46. The van der Waals surface area contributed by atoms with Crippen LogP contribution >= 0.6 is 11.6 Å². The minimum atomic E-state index is -0.695. The number of amides is 1. The molecule has 4 aromatic rings. The van der Waals surface area contributed by atoms with Gasteiger partial charge in [0.05, 0.1) is 27.4 Å². The second-order valence-corrected chi connectivity index (χ2v) is 10.2. The molecule has 2 aromatic heterocycles. The predicted octanol–water partition coefficient (Wildman–Crippen LogP) is 5.12. The van der Waals surface area contributed by atoms with Gasteiger partial charge in [0, 0.05) is 25.7 Å². The van der Waals surface area contributed by atoms with Crippen molar-refractivity contribution >= 4 is 34.4 Å². The van der Waals surface area contributed by atoms with E-state index < -0.39 is 11.5 Å². The standard InChI is InChI=1S/C30H29ClFN5O3/c1-4-9-19-10-6-7-12-23(19)37-29-20(16-21(31)27(33-29)26-22(32)11-8-13-24(26)38)28(34-30(37)40)36-15-14-35(17-18(36)3)25(39)5-2/h5-8,10-13,16,18,38H,2,4,9,14-15,17H2,1,3H3/t18-/m0/s1. The molecular weight excluding hydrogens is 533 g/mol. The molecule has 0 aliphatic carbocycles. The number of aromatic nitrogens is 3. The number of carbonyl (C=O) groups excluding carboxylic acids is 1. The molecule has 0 saturated carbocycles. The minimum absolute atomic E-state index is 0.0116. The van der Waals surface area contributed by atoms with Crippen LogP contribution in [0.3, 0.4) is 0 Å². The Morgan fingerprint density at radius 2 is 1.98 bits per heavy atom. The summed E-state index contributed by atoms with van der Waals surface area (Å²) in [5.74, 6) is -0.799. The zero-order valence-corrected chi connectivity index (χ0v) is 23.0. The van der Waals surface area contributed by atoms with Crippen LogP contribution in [0.25, 0.3) is 28.0 Å². The third kappa shape index (κ3) is 4.81. The van der Waals surface area contributed by atoms with Crippen LogP contribution in [0.4, 0.5) is 10.2 Å². The van der Waals surface area contributed by atoms with Crippen molar-refractivity contribution in [1.82, 2.24) is 19.4 Å². The Kier molecular flexibility index (Phi) is 7.58. The molecular formula is C30H29ClFN5O3. The molecule has 3 heterocycles. The summed E-state index contributed by atoms with van der Waals surface area (Å²) < 4.78 is 16.4. The number of rotatable bonds is 6. The monoisotopic (exact) mass is 561 g/mol. The van der Waals surface area contributed by atoms with Crippen LogP contribution in [0.15, 0.2) is 66.0 Å². The fourth-order valence-electron chi connectivity index (χ4n) is 5.28. The first-order valence-corrected chi connectivity index (χ1v) is 13.5. The molecule has 40 heavy (non-hydrogen) atoms. The van der Waals surface area contributed by atoms with Gasteiger partial charge in [0.25, 0.3) is 0 Å². The summed E-state index contributed by atoms with van der Waals surface area (Å²) in [4.78, 5) is 38.9. The fraction of sp³-hybridized carbons (Fsp3) is 0.267. The zero-order valence-electron chi connectivity index (χ0n) is 22.3. The number of phenols is 1. The largest absolute Gasteiger partial charge is 0.507 e. The fourth-order valence-corrected chi connectivity index (χ4v) is 5.52. The Bertz CT molecular complexity index is 1670. The van der Waals surface area contributed by atoms with Crippen molar-refractivity contribution in [3.8, 4) is 22.7 Å². The highest BCUT2D eigenvalue weighted by molar-refractivity contribution is 6.34. The van der Waals surface area contributed by atoms with Crippen LogP contribution in [-0.2, 0) is 11.2 Å². The Labute approximate surface area is 236 Å². The van der Waals surface area contributed by atoms with Gasteiger partial charge in [-0.15, -0.1) is 0 Å². The summed E-state index contributed by atoms with van der Waals surface area (Å²) in [5, 5.41) is 11.1. The van der Waals surface area contributed by atoms with Crippen molar-refractivity contribution < 1.29 is 14.3 Å². The van der Waals surface area contributed by atoms with Gasteiger partial charge in [-0.25, -0.2) is 18.7 Å². The number of hydrogen-bond donors (Lipinski definition) is 1. The van der Waals surface area contributed by atoms with Crippen LogP contribution < -0.4 is 10.6 Å². The molecule has 1 saturated heterocycles. The third-order valence-electron chi connectivity index (χ3n) is 7.17. The number of phenolic OH excluding ortho intramolecular Hbond substituents is 1. The predicted molar refractivity (Wildman–Crippen MR) is 155 cm³/mol. The highest BCUT2D eigenvalue weighted by Crippen LogP contribution is 2.38. The first-order valence-electron chi connectivity index (χ1n) is 13.1. The number of fused-ring (bicyclic) bond motifs is 1. The number of pyridine rings is 1. The van der Waals surface area contributed by atoms with Crippen molar-refractivity contribution in [1.29, 1.82) is 0 Å². The van der Waals surface area contributed by atoms with E-state index in [0.717, 1.165) is 18.4 Å². The number of benzene rings is 2. The van der Waals surface area contributed by atoms with Crippen molar-refractivity contribution in [3.63, 3.8) is 0 Å². The Balaban J connectivity index is 1.79. The van der Waals surface area contributed by atoms with Crippen LogP contribution in [0, 0.1) is 5.82 Å². The smallest absolute Gasteiger partial charge is 0.355 e. The molecule has 1 atom stereocenters. The van der Waals surface area contributed by atoms with Crippen LogP contribution in [0.1, 0.15) is 25.8 Å². The Morgan fingerprint density at radius 1 is 1.20 bits per heavy atom. The van der Waals surface area contributed by atoms with Gasteiger partial charge in [-0.05, 0) is 49.2 Å². The summed E-state index contributed by atoms with van der Waals surface area (Å²) in [6, 6.07) is 12.9. The molecule has 1 aliphatic rings. The van der Waals surface area contributed by atoms with E-state index in [1.165, 1.54) is 28.8 Å². The van der Waals surface area contributed by atoms with E-state index in [1.807, 2.05) is 43.0 Å². The summed E-state index contributed by atoms with van der Waals surface area (Å²) >= 11 is 6.69. The summed E-state index contributed by atoms with van der Waals surface area (Å²) in [7, 11) is 0. The molecule has 8 nitrogen and oxygen atoms in total. The molecule has 0 radical (unpaired) electrons. The maximum absolute atomic E-state index is 14.9. The second-order valence-electron chi connectivity index (χ2n) is 9.79. The van der Waals surface area contributed by atoms with Gasteiger partial charge in [0.2, 0.25) is 5.91 Å². The highest BCUT2D eigenvalue weighted by Gasteiger charge is 2.30. The van der Waals surface area contributed by atoms with Crippen molar-refractivity contribution in [2.24, 2.45) is 0 Å². The molecule has 1 aliphatic heterocycles. The Morgan fingerprint density at radius 3 is 2.67 bits per heavy atom.